The van der Waals surface area contributed by atoms with Gasteiger partial charge in [-0.2, -0.15) is 0 Å². The van der Waals surface area contributed by atoms with E-state index in [4.69, 9.17) is 16.3 Å². The minimum Gasteiger partial charge on any atom is -0.496 e. The highest BCUT2D eigenvalue weighted by Crippen LogP contribution is 2.29. The summed E-state index contributed by atoms with van der Waals surface area (Å²) in [5.41, 5.74) is 2.65. The van der Waals surface area contributed by atoms with Crippen molar-refractivity contribution in [2.24, 2.45) is 0 Å². The second-order valence-electron chi connectivity index (χ2n) is 5.88. The average molecular weight is 395 g/mol. The van der Waals surface area contributed by atoms with Crippen molar-refractivity contribution in [3.63, 3.8) is 0 Å². The number of benzene rings is 3. The van der Waals surface area contributed by atoms with Gasteiger partial charge in [0.2, 0.25) is 0 Å². The summed E-state index contributed by atoms with van der Waals surface area (Å²) < 4.78 is 5.53. The van der Waals surface area contributed by atoms with Crippen LogP contribution in [0.15, 0.2) is 83.8 Å². The number of thioether (sulfide) groups is 1. The van der Waals surface area contributed by atoms with E-state index in [1.165, 1.54) is 4.90 Å². The molecule has 0 radical (unpaired) electrons. The van der Waals surface area contributed by atoms with Crippen LogP contribution in [0.5, 0.6) is 5.75 Å². The topological polar surface area (TPSA) is 26.3 Å². The highest BCUT2D eigenvalue weighted by Gasteiger charge is 2.06. The molecule has 0 N–H and O–H groups in total. The summed E-state index contributed by atoms with van der Waals surface area (Å²) in [6, 6.07) is 23.1. The van der Waals surface area contributed by atoms with Crippen molar-refractivity contribution in [3.05, 3.63) is 101 Å². The van der Waals surface area contributed by atoms with Crippen LogP contribution in [-0.2, 0) is 5.75 Å². The molecule has 0 atom stereocenters. The number of allylic oxidation sites excluding steroid dienone is 1. The van der Waals surface area contributed by atoms with Crippen LogP contribution in [0.3, 0.4) is 0 Å². The minimum atomic E-state index is -0.0608. The fourth-order valence-electron chi connectivity index (χ4n) is 2.54. The second kappa shape index (κ2) is 9.45. The van der Waals surface area contributed by atoms with Crippen LogP contribution in [-0.4, -0.2) is 12.9 Å². The Bertz CT molecular complexity index is 934. The molecule has 0 aliphatic carbocycles. The first-order valence-corrected chi connectivity index (χ1v) is 9.85. The van der Waals surface area contributed by atoms with Gasteiger partial charge in [-0.25, -0.2) is 0 Å². The zero-order valence-corrected chi connectivity index (χ0v) is 16.5. The molecule has 0 bridgehead atoms. The van der Waals surface area contributed by atoms with Crippen molar-refractivity contribution >= 4 is 35.2 Å². The summed E-state index contributed by atoms with van der Waals surface area (Å²) in [6.45, 7) is 0. The summed E-state index contributed by atoms with van der Waals surface area (Å²) in [7, 11) is 1.67. The molecule has 0 aromatic heterocycles. The number of carbonyl (C=O) groups is 1. The maximum absolute atomic E-state index is 12.2. The SMILES string of the molecule is COc1cc(/C=C/C(=O)c2ccc(Cl)cc2)ccc1CSc1ccccc1. The highest BCUT2D eigenvalue weighted by atomic mass is 35.5. The minimum absolute atomic E-state index is 0.0608. The van der Waals surface area contributed by atoms with Crippen LogP contribution in [0.25, 0.3) is 6.08 Å². The maximum atomic E-state index is 12.2. The van der Waals surface area contributed by atoms with Crippen molar-refractivity contribution in [1.82, 2.24) is 0 Å². The lowest BCUT2D eigenvalue weighted by Crippen LogP contribution is -1.94. The molecule has 3 aromatic rings. The molecule has 136 valence electrons. The molecule has 27 heavy (non-hydrogen) atoms. The van der Waals surface area contributed by atoms with Crippen molar-refractivity contribution in [1.29, 1.82) is 0 Å². The Balaban J connectivity index is 1.69. The third-order valence-electron chi connectivity index (χ3n) is 4.00. The number of ether oxygens (including phenoxy) is 1. The maximum Gasteiger partial charge on any atom is 0.185 e. The van der Waals surface area contributed by atoms with Crippen LogP contribution < -0.4 is 4.74 Å². The smallest absolute Gasteiger partial charge is 0.185 e. The largest absolute Gasteiger partial charge is 0.496 e. The van der Waals surface area contributed by atoms with Gasteiger partial charge in [-0.3, -0.25) is 4.79 Å². The van der Waals surface area contributed by atoms with E-state index in [2.05, 4.69) is 12.1 Å². The van der Waals surface area contributed by atoms with Gasteiger partial charge in [0.15, 0.2) is 5.78 Å². The number of rotatable bonds is 7. The Hall–Kier alpha value is -2.49. The van der Waals surface area contributed by atoms with Crippen LogP contribution in [0.1, 0.15) is 21.5 Å². The number of halogens is 1. The monoisotopic (exact) mass is 394 g/mol. The van der Waals surface area contributed by atoms with Gasteiger partial charge >= 0.3 is 0 Å². The third-order valence-corrected chi connectivity index (χ3v) is 5.32. The fourth-order valence-corrected chi connectivity index (χ4v) is 3.58. The van der Waals surface area contributed by atoms with Crippen molar-refractivity contribution in [2.45, 2.75) is 10.6 Å². The normalized spacial score (nSPS) is 10.9. The van der Waals surface area contributed by atoms with Gasteiger partial charge in [0, 0.05) is 26.8 Å². The average Bonchev–Trinajstić information content (AvgIpc) is 2.72. The zero-order chi connectivity index (χ0) is 19.1. The Morgan fingerprint density at radius 3 is 2.48 bits per heavy atom. The summed E-state index contributed by atoms with van der Waals surface area (Å²) in [5.74, 6) is 1.58. The first-order valence-electron chi connectivity index (χ1n) is 8.48. The van der Waals surface area contributed by atoms with Crippen LogP contribution in [0.4, 0.5) is 0 Å². The molecule has 0 amide bonds. The molecule has 3 rings (SSSR count). The quantitative estimate of drug-likeness (QED) is 0.258. The number of carbonyl (C=O) groups excluding carboxylic acids is 1. The van der Waals surface area contributed by atoms with E-state index in [0.717, 1.165) is 22.6 Å². The van der Waals surface area contributed by atoms with Gasteiger partial charge in [0.25, 0.3) is 0 Å². The fraction of sp³-hybridized carbons (Fsp3) is 0.0870. The summed E-state index contributed by atoms with van der Waals surface area (Å²) in [5, 5.41) is 0.615. The first-order chi connectivity index (χ1) is 13.2. The van der Waals surface area contributed by atoms with Crippen molar-refractivity contribution in [2.75, 3.05) is 7.11 Å². The van der Waals surface area contributed by atoms with Gasteiger partial charge in [-0.05, 0) is 54.1 Å². The van der Waals surface area contributed by atoms with Crippen LogP contribution in [0.2, 0.25) is 5.02 Å². The van der Waals surface area contributed by atoms with Crippen LogP contribution in [0, 0.1) is 0 Å². The molecular weight excluding hydrogens is 376 g/mol. The lowest BCUT2D eigenvalue weighted by atomic mass is 10.1. The molecule has 0 spiro atoms. The Labute approximate surface area is 168 Å². The van der Waals surface area contributed by atoms with Gasteiger partial charge < -0.3 is 4.74 Å². The molecule has 3 aromatic carbocycles. The van der Waals surface area contributed by atoms with Crippen molar-refractivity contribution < 1.29 is 9.53 Å². The molecular formula is C23H19ClO2S. The van der Waals surface area contributed by atoms with Crippen molar-refractivity contribution in [3.8, 4) is 5.75 Å². The van der Waals surface area contributed by atoms with E-state index in [-0.39, 0.29) is 5.78 Å². The predicted octanol–water partition coefficient (Wildman–Crippen LogP) is 6.54. The predicted molar refractivity (Wildman–Crippen MR) is 114 cm³/mol. The van der Waals surface area contributed by atoms with Gasteiger partial charge in [-0.1, -0.05) is 48.0 Å². The van der Waals surface area contributed by atoms with E-state index in [1.807, 2.05) is 36.4 Å². The molecule has 0 aliphatic rings. The second-order valence-corrected chi connectivity index (χ2v) is 7.36. The standard InChI is InChI=1S/C23H19ClO2S/c1-26-23-15-17(8-14-22(25)18-10-12-20(24)13-11-18)7-9-19(23)16-27-21-5-3-2-4-6-21/h2-15H,16H2,1H3/b14-8+. The number of ketones is 1. The molecule has 0 aliphatic heterocycles. The van der Waals surface area contributed by atoms with E-state index in [1.54, 1.807) is 55.3 Å². The molecule has 0 saturated carbocycles. The molecule has 2 nitrogen and oxygen atoms in total. The number of hydrogen-bond acceptors (Lipinski definition) is 3. The number of methoxy groups -OCH3 is 1. The number of hydrogen-bond donors (Lipinski definition) is 0. The molecule has 4 heteroatoms. The first kappa shape index (κ1) is 19.3. The Morgan fingerprint density at radius 2 is 1.78 bits per heavy atom. The van der Waals surface area contributed by atoms with E-state index in [0.29, 0.717) is 10.6 Å². The van der Waals surface area contributed by atoms with Gasteiger partial charge in [-0.15, -0.1) is 11.8 Å². The summed E-state index contributed by atoms with van der Waals surface area (Å²) >= 11 is 7.62. The van der Waals surface area contributed by atoms with Crippen LogP contribution >= 0.6 is 23.4 Å². The molecule has 0 unspecified atom stereocenters. The molecule has 0 heterocycles. The Kier molecular flexibility index (Phi) is 6.74. The van der Waals surface area contributed by atoms with E-state index >= 15 is 0 Å². The highest BCUT2D eigenvalue weighted by molar-refractivity contribution is 7.98. The zero-order valence-electron chi connectivity index (χ0n) is 14.9. The Morgan fingerprint density at radius 1 is 1.04 bits per heavy atom. The third kappa shape index (κ3) is 5.49. The van der Waals surface area contributed by atoms with Gasteiger partial charge in [0.05, 0.1) is 7.11 Å². The van der Waals surface area contributed by atoms with E-state index < -0.39 is 0 Å². The lowest BCUT2D eigenvalue weighted by Gasteiger charge is -2.09. The lowest BCUT2D eigenvalue weighted by molar-refractivity contribution is 0.104. The molecule has 0 fully saturated rings. The van der Waals surface area contributed by atoms with Gasteiger partial charge in [0.1, 0.15) is 5.75 Å². The summed E-state index contributed by atoms with van der Waals surface area (Å²) in [4.78, 5) is 13.5. The summed E-state index contributed by atoms with van der Waals surface area (Å²) in [6.07, 6.45) is 3.37. The van der Waals surface area contributed by atoms with E-state index in [9.17, 15) is 4.79 Å². The molecule has 0 saturated heterocycles.